The van der Waals surface area contributed by atoms with Gasteiger partial charge in [0, 0.05) is 40.3 Å². The highest BCUT2D eigenvalue weighted by Crippen LogP contribution is 2.30. The van der Waals surface area contributed by atoms with Crippen LogP contribution in [0.4, 0.5) is 11.4 Å². The Morgan fingerprint density at radius 3 is 2.21 bits per heavy atom. The molecule has 13 heteroatoms. The first kappa shape index (κ1) is 31.3. The number of hydrogen-bond donors (Lipinski definition) is 1. The van der Waals surface area contributed by atoms with Crippen LogP contribution in [0.25, 0.3) is 0 Å². The Hall–Kier alpha value is -2.89. The molecule has 2 rings (SSSR count). The molecule has 2 aromatic rings. The lowest BCUT2D eigenvalue weighted by atomic mass is 10.1. The van der Waals surface area contributed by atoms with Crippen molar-refractivity contribution in [3.05, 3.63) is 67.7 Å². The van der Waals surface area contributed by atoms with E-state index in [2.05, 4.69) is 5.32 Å². The number of carbonyl (C=O) groups excluding carboxylic acids is 2. The SMILES string of the molecule is CC[C@@H](C)NC(=O)[C@H](CC)N(Cc1c(Cl)cccc1Cl)C(=O)CN(c1cc([N+](=O)[O-])ccc1C)S(C)(=O)=O. The summed E-state index contributed by atoms with van der Waals surface area (Å²) >= 11 is 12.7. The van der Waals surface area contributed by atoms with Crippen molar-refractivity contribution < 1.29 is 22.9 Å². The van der Waals surface area contributed by atoms with Crippen LogP contribution in [0.1, 0.15) is 44.7 Å². The van der Waals surface area contributed by atoms with Crippen LogP contribution in [0, 0.1) is 17.0 Å². The van der Waals surface area contributed by atoms with E-state index in [0.29, 0.717) is 17.5 Å². The average molecular weight is 588 g/mol. The van der Waals surface area contributed by atoms with Gasteiger partial charge in [0.05, 0.1) is 16.9 Å². The van der Waals surface area contributed by atoms with Crippen molar-refractivity contribution in [2.45, 2.75) is 59.2 Å². The molecule has 2 aromatic carbocycles. The number of amides is 2. The van der Waals surface area contributed by atoms with Gasteiger partial charge in [-0.15, -0.1) is 0 Å². The number of nitrogens with one attached hydrogen (secondary N) is 1. The molecule has 0 spiro atoms. The van der Waals surface area contributed by atoms with Crippen LogP contribution >= 0.6 is 23.2 Å². The van der Waals surface area contributed by atoms with E-state index in [4.69, 9.17) is 23.2 Å². The van der Waals surface area contributed by atoms with Gasteiger partial charge in [0.2, 0.25) is 21.8 Å². The average Bonchev–Trinajstić information content (AvgIpc) is 2.83. The number of carbonyl (C=O) groups is 2. The standard InChI is InChI=1S/C25H32Cl2N4O6S/c1-6-17(4)28-25(33)22(7-2)29(14-19-20(26)9-8-10-21(19)27)24(32)15-30(38(5,36)37)23-13-18(31(34)35)12-11-16(23)3/h8-13,17,22H,6-7,14-15H2,1-5H3,(H,28,33)/t17-,22+/m1/s1. The number of non-ortho nitro benzene ring substituents is 1. The fourth-order valence-corrected chi connectivity index (χ4v) is 5.21. The van der Waals surface area contributed by atoms with E-state index in [1.54, 1.807) is 32.0 Å². The molecular weight excluding hydrogens is 555 g/mol. The Bertz CT molecular complexity index is 1280. The third kappa shape index (κ3) is 7.81. The summed E-state index contributed by atoms with van der Waals surface area (Å²) in [5.74, 6) is -1.11. The molecule has 0 aliphatic heterocycles. The molecule has 0 bridgehead atoms. The summed E-state index contributed by atoms with van der Waals surface area (Å²) in [5, 5.41) is 14.8. The molecule has 2 amide bonds. The van der Waals surface area contributed by atoms with E-state index in [9.17, 15) is 28.1 Å². The van der Waals surface area contributed by atoms with Gasteiger partial charge in [0.15, 0.2) is 0 Å². The summed E-state index contributed by atoms with van der Waals surface area (Å²) < 4.78 is 26.4. The summed E-state index contributed by atoms with van der Waals surface area (Å²) in [5.41, 5.74) is 0.473. The van der Waals surface area contributed by atoms with E-state index in [1.807, 2.05) is 13.8 Å². The van der Waals surface area contributed by atoms with Crippen molar-refractivity contribution in [3.63, 3.8) is 0 Å². The number of nitrogens with zero attached hydrogens (tertiary/aromatic N) is 3. The molecule has 0 unspecified atom stereocenters. The van der Waals surface area contributed by atoms with Gasteiger partial charge in [-0.2, -0.15) is 0 Å². The highest BCUT2D eigenvalue weighted by atomic mass is 35.5. The maximum Gasteiger partial charge on any atom is 0.271 e. The van der Waals surface area contributed by atoms with Crippen molar-refractivity contribution in [1.82, 2.24) is 10.2 Å². The summed E-state index contributed by atoms with van der Waals surface area (Å²) in [7, 11) is -4.07. The Kier molecular flexibility index (Phi) is 10.9. The first-order valence-electron chi connectivity index (χ1n) is 12.0. The van der Waals surface area contributed by atoms with Gasteiger partial charge in [-0.25, -0.2) is 8.42 Å². The second-order valence-corrected chi connectivity index (χ2v) is 11.7. The predicted octanol–water partition coefficient (Wildman–Crippen LogP) is 4.70. The quantitative estimate of drug-likeness (QED) is 0.283. The van der Waals surface area contributed by atoms with Gasteiger partial charge in [-0.1, -0.05) is 49.2 Å². The Morgan fingerprint density at radius 2 is 1.71 bits per heavy atom. The first-order chi connectivity index (χ1) is 17.7. The number of sulfonamides is 1. The molecule has 0 aromatic heterocycles. The number of anilines is 1. The summed E-state index contributed by atoms with van der Waals surface area (Å²) in [6, 6.07) is 7.48. The van der Waals surface area contributed by atoms with Crippen LogP contribution in [0.3, 0.4) is 0 Å². The van der Waals surface area contributed by atoms with Crippen molar-refractivity contribution in [2.24, 2.45) is 0 Å². The third-order valence-corrected chi connectivity index (χ3v) is 7.96. The summed E-state index contributed by atoms with van der Waals surface area (Å²) in [4.78, 5) is 38.9. The zero-order valence-corrected chi connectivity index (χ0v) is 24.2. The zero-order valence-electron chi connectivity index (χ0n) is 21.9. The molecule has 0 saturated carbocycles. The topological polar surface area (TPSA) is 130 Å². The van der Waals surface area contributed by atoms with Crippen LogP contribution in [0.2, 0.25) is 10.0 Å². The van der Waals surface area contributed by atoms with Crippen LogP contribution in [-0.4, -0.2) is 54.9 Å². The number of halogens is 2. The van der Waals surface area contributed by atoms with Crippen molar-refractivity contribution >= 4 is 56.4 Å². The molecule has 38 heavy (non-hydrogen) atoms. The number of rotatable bonds is 12. The molecule has 0 fully saturated rings. The minimum Gasteiger partial charge on any atom is -0.352 e. The van der Waals surface area contributed by atoms with E-state index >= 15 is 0 Å². The van der Waals surface area contributed by atoms with E-state index in [0.717, 1.165) is 16.6 Å². The molecule has 0 saturated heterocycles. The molecule has 0 aliphatic carbocycles. The van der Waals surface area contributed by atoms with Crippen LogP contribution in [0.5, 0.6) is 0 Å². The van der Waals surface area contributed by atoms with Crippen LogP contribution < -0.4 is 9.62 Å². The minimum atomic E-state index is -4.07. The molecule has 0 heterocycles. The second kappa shape index (κ2) is 13.3. The van der Waals surface area contributed by atoms with Gasteiger partial charge < -0.3 is 10.2 Å². The first-order valence-corrected chi connectivity index (χ1v) is 14.6. The smallest absolute Gasteiger partial charge is 0.271 e. The second-order valence-electron chi connectivity index (χ2n) is 8.96. The van der Waals surface area contributed by atoms with E-state index in [1.165, 1.54) is 17.0 Å². The van der Waals surface area contributed by atoms with Crippen molar-refractivity contribution in [1.29, 1.82) is 0 Å². The van der Waals surface area contributed by atoms with E-state index in [-0.39, 0.29) is 40.4 Å². The Morgan fingerprint density at radius 1 is 1.11 bits per heavy atom. The lowest BCUT2D eigenvalue weighted by Crippen LogP contribution is -2.53. The number of nitro benzene ring substituents is 1. The predicted molar refractivity (Wildman–Crippen MR) is 149 cm³/mol. The maximum absolute atomic E-state index is 13.8. The molecule has 2 atom stereocenters. The highest BCUT2D eigenvalue weighted by Gasteiger charge is 2.33. The van der Waals surface area contributed by atoms with Crippen LogP contribution in [-0.2, 0) is 26.2 Å². The van der Waals surface area contributed by atoms with Crippen LogP contribution in [0.15, 0.2) is 36.4 Å². The van der Waals surface area contributed by atoms with Gasteiger partial charge in [-0.05, 0) is 44.4 Å². The van der Waals surface area contributed by atoms with Crippen molar-refractivity contribution in [3.8, 4) is 0 Å². The molecule has 0 aliphatic rings. The minimum absolute atomic E-state index is 0.0112. The monoisotopic (exact) mass is 586 g/mol. The summed E-state index contributed by atoms with van der Waals surface area (Å²) in [6.45, 7) is 6.19. The maximum atomic E-state index is 13.8. The lowest BCUT2D eigenvalue weighted by molar-refractivity contribution is -0.384. The third-order valence-electron chi connectivity index (χ3n) is 6.13. The van der Waals surface area contributed by atoms with Gasteiger partial charge >= 0.3 is 0 Å². The number of hydrogen-bond acceptors (Lipinski definition) is 6. The fourth-order valence-electron chi connectivity index (χ4n) is 3.79. The fraction of sp³-hybridized carbons (Fsp3) is 0.440. The molecule has 0 radical (unpaired) electrons. The lowest BCUT2D eigenvalue weighted by Gasteiger charge is -2.34. The number of nitro groups is 1. The molecule has 208 valence electrons. The summed E-state index contributed by atoms with van der Waals surface area (Å²) in [6.07, 6.45) is 1.80. The van der Waals surface area contributed by atoms with Gasteiger partial charge in [-0.3, -0.25) is 24.0 Å². The van der Waals surface area contributed by atoms with Gasteiger partial charge in [0.1, 0.15) is 12.6 Å². The van der Waals surface area contributed by atoms with E-state index < -0.39 is 39.3 Å². The zero-order chi connectivity index (χ0) is 28.8. The Balaban J connectivity index is 2.59. The number of aryl methyl sites for hydroxylation is 1. The Labute approximate surface area is 233 Å². The molecular formula is C25H32Cl2N4O6S. The largest absolute Gasteiger partial charge is 0.352 e. The normalized spacial score (nSPS) is 12.9. The molecule has 1 N–H and O–H groups in total. The number of benzene rings is 2. The molecule has 10 nitrogen and oxygen atoms in total. The highest BCUT2D eigenvalue weighted by molar-refractivity contribution is 7.92. The van der Waals surface area contributed by atoms with Gasteiger partial charge in [0.25, 0.3) is 5.69 Å². The van der Waals surface area contributed by atoms with Crippen molar-refractivity contribution in [2.75, 3.05) is 17.1 Å².